The summed E-state index contributed by atoms with van der Waals surface area (Å²) in [5, 5.41) is 0. The van der Waals surface area contributed by atoms with Crippen LogP contribution in [0.1, 0.15) is 20.3 Å². The first kappa shape index (κ1) is 21.9. The summed E-state index contributed by atoms with van der Waals surface area (Å²) in [5.41, 5.74) is 5.52. The van der Waals surface area contributed by atoms with Crippen molar-refractivity contribution in [2.24, 2.45) is 25.7 Å². The first-order chi connectivity index (χ1) is 11.6. The van der Waals surface area contributed by atoms with E-state index >= 15 is 0 Å². The lowest BCUT2D eigenvalue weighted by Crippen LogP contribution is -2.44. The van der Waals surface area contributed by atoms with Crippen LogP contribution in [-0.4, -0.2) is 49.1 Å². The minimum absolute atomic E-state index is 0. The molecular weight excluding hydrogens is 360 g/mol. The van der Waals surface area contributed by atoms with E-state index < -0.39 is 11.2 Å². The molecule has 0 aliphatic heterocycles. The summed E-state index contributed by atoms with van der Waals surface area (Å²) in [4.78, 5) is 43.0. The zero-order valence-corrected chi connectivity index (χ0v) is 16.6. The van der Waals surface area contributed by atoms with Gasteiger partial charge in [-0.1, -0.05) is 13.8 Å². The molecule has 0 bridgehead atoms. The van der Waals surface area contributed by atoms with Gasteiger partial charge in [0, 0.05) is 33.7 Å². The quantitative estimate of drug-likeness (QED) is 0.732. The highest BCUT2D eigenvalue weighted by atomic mass is 35.5. The van der Waals surface area contributed by atoms with E-state index in [1.165, 1.54) is 22.8 Å². The number of hydrogen-bond acceptors (Lipinski definition) is 5. The number of fused-ring (bicyclic) bond motifs is 1. The second-order valence-electron chi connectivity index (χ2n) is 6.77. The number of halogens is 1. The lowest BCUT2D eigenvalue weighted by molar-refractivity contribution is -0.130. The average molecular weight is 387 g/mol. The number of aromatic nitrogens is 4. The Hall–Kier alpha value is -2.13. The third-order valence-electron chi connectivity index (χ3n) is 4.57. The molecule has 0 aliphatic carbocycles. The SMILES string of the molecule is CC(C)C(N)CCN(C)C(=O)Cn1c(=O)c2c(ncn2C)n(C)c1=O.Cl. The molecule has 9 nitrogen and oxygen atoms in total. The molecule has 0 saturated carbocycles. The average Bonchev–Trinajstić information content (AvgIpc) is 2.95. The predicted molar refractivity (Wildman–Crippen MR) is 103 cm³/mol. The largest absolute Gasteiger partial charge is 0.344 e. The molecule has 2 aromatic rings. The zero-order valence-electron chi connectivity index (χ0n) is 15.8. The van der Waals surface area contributed by atoms with Crippen LogP contribution < -0.4 is 17.0 Å². The minimum Gasteiger partial charge on any atom is -0.344 e. The van der Waals surface area contributed by atoms with Gasteiger partial charge in [-0.25, -0.2) is 14.3 Å². The number of amides is 1. The number of nitrogens with two attached hydrogens (primary N) is 1. The summed E-state index contributed by atoms with van der Waals surface area (Å²) in [6.07, 6.45) is 2.13. The first-order valence-electron chi connectivity index (χ1n) is 8.25. The topological polar surface area (TPSA) is 108 Å². The molecular formula is C16H27ClN6O3. The molecule has 0 aromatic carbocycles. The van der Waals surface area contributed by atoms with E-state index in [1.54, 1.807) is 18.7 Å². The summed E-state index contributed by atoms with van der Waals surface area (Å²) < 4.78 is 3.77. The fraction of sp³-hybridized carbons (Fsp3) is 0.625. The molecule has 146 valence electrons. The Labute approximate surface area is 157 Å². The molecule has 26 heavy (non-hydrogen) atoms. The van der Waals surface area contributed by atoms with Crippen molar-refractivity contribution < 1.29 is 4.79 Å². The highest BCUT2D eigenvalue weighted by molar-refractivity contribution is 5.85. The monoisotopic (exact) mass is 386 g/mol. The summed E-state index contributed by atoms with van der Waals surface area (Å²) in [7, 11) is 4.85. The number of aryl methyl sites for hydroxylation is 2. The summed E-state index contributed by atoms with van der Waals surface area (Å²) in [5.74, 6) is 0.0161. The van der Waals surface area contributed by atoms with Crippen molar-refractivity contribution >= 4 is 29.5 Å². The van der Waals surface area contributed by atoms with Gasteiger partial charge < -0.3 is 15.2 Å². The van der Waals surface area contributed by atoms with Crippen LogP contribution in [0.25, 0.3) is 11.2 Å². The van der Waals surface area contributed by atoms with Crippen LogP contribution in [0.4, 0.5) is 0 Å². The van der Waals surface area contributed by atoms with E-state index in [0.717, 1.165) is 4.57 Å². The van der Waals surface area contributed by atoms with Crippen molar-refractivity contribution in [3.8, 4) is 0 Å². The summed E-state index contributed by atoms with van der Waals surface area (Å²) in [6.45, 7) is 4.22. The molecule has 1 atom stereocenters. The number of imidazole rings is 1. The lowest BCUT2D eigenvalue weighted by atomic mass is 10.0. The Morgan fingerprint density at radius 1 is 1.31 bits per heavy atom. The number of likely N-dealkylation sites (N-methyl/N-ethyl adjacent to an activating group) is 1. The lowest BCUT2D eigenvalue weighted by Gasteiger charge is -2.21. The molecule has 2 rings (SSSR count). The molecule has 0 saturated heterocycles. The van der Waals surface area contributed by atoms with Crippen LogP contribution in [0.3, 0.4) is 0 Å². The van der Waals surface area contributed by atoms with Gasteiger partial charge in [-0.2, -0.15) is 0 Å². The van der Waals surface area contributed by atoms with E-state index in [4.69, 9.17) is 5.73 Å². The van der Waals surface area contributed by atoms with Crippen LogP contribution in [0, 0.1) is 5.92 Å². The Morgan fingerprint density at radius 3 is 2.50 bits per heavy atom. The fourth-order valence-electron chi connectivity index (χ4n) is 2.59. The maximum Gasteiger partial charge on any atom is 0.332 e. The molecule has 10 heteroatoms. The predicted octanol–water partition coefficient (Wildman–Crippen LogP) is -0.313. The molecule has 2 heterocycles. The zero-order chi connectivity index (χ0) is 18.9. The normalized spacial score (nSPS) is 12.3. The van der Waals surface area contributed by atoms with Crippen molar-refractivity contribution in [3.63, 3.8) is 0 Å². The Balaban J connectivity index is 0.00000338. The Bertz CT molecular complexity index is 898. The van der Waals surface area contributed by atoms with Crippen molar-refractivity contribution in [3.05, 3.63) is 27.2 Å². The van der Waals surface area contributed by atoms with E-state index in [2.05, 4.69) is 4.98 Å². The molecule has 0 radical (unpaired) electrons. The highest BCUT2D eigenvalue weighted by Gasteiger charge is 2.19. The Morgan fingerprint density at radius 2 is 1.92 bits per heavy atom. The second kappa shape index (κ2) is 8.50. The van der Waals surface area contributed by atoms with Crippen molar-refractivity contribution in [2.75, 3.05) is 13.6 Å². The van der Waals surface area contributed by atoms with E-state index in [0.29, 0.717) is 30.0 Å². The van der Waals surface area contributed by atoms with Gasteiger partial charge in [0.25, 0.3) is 5.56 Å². The molecule has 0 fully saturated rings. The molecule has 0 spiro atoms. The van der Waals surface area contributed by atoms with Crippen LogP contribution in [0.2, 0.25) is 0 Å². The van der Waals surface area contributed by atoms with Crippen molar-refractivity contribution in [2.45, 2.75) is 32.9 Å². The van der Waals surface area contributed by atoms with Gasteiger partial charge in [0.2, 0.25) is 5.91 Å². The minimum atomic E-state index is -0.558. The standard InChI is InChI=1S/C16H26N6O3.ClH/c1-10(2)11(17)6-7-19(3)12(23)8-22-15(24)13-14(18-9-20(13)4)21(5)16(22)25;/h9-11H,6-8,17H2,1-5H3;1H. The highest BCUT2D eigenvalue weighted by Crippen LogP contribution is 2.05. The van der Waals surface area contributed by atoms with E-state index in [9.17, 15) is 14.4 Å². The Kier molecular flexibility index (Phi) is 7.16. The van der Waals surface area contributed by atoms with Gasteiger partial charge in [0.05, 0.1) is 6.33 Å². The molecule has 2 N–H and O–H groups in total. The fourth-order valence-corrected chi connectivity index (χ4v) is 2.59. The number of rotatable bonds is 6. The third kappa shape index (κ3) is 4.16. The van der Waals surface area contributed by atoms with Crippen LogP contribution in [0.15, 0.2) is 15.9 Å². The van der Waals surface area contributed by atoms with Crippen LogP contribution >= 0.6 is 12.4 Å². The van der Waals surface area contributed by atoms with Gasteiger partial charge in [0.15, 0.2) is 11.2 Å². The number of carbonyl (C=O) groups is 1. The maximum atomic E-state index is 12.6. The van der Waals surface area contributed by atoms with Crippen LogP contribution in [-0.2, 0) is 25.4 Å². The molecule has 0 aliphatic rings. The van der Waals surface area contributed by atoms with Gasteiger partial charge in [0.1, 0.15) is 6.54 Å². The smallest absolute Gasteiger partial charge is 0.332 e. The third-order valence-corrected chi connectivity index (χ3v) is 4.57. The number of carbonyl (C=O) groups excluding carboxylic acids is 1. The van der Waals surface area contributed by atoms with Gasteiger partial charge in [-0.05, 0) is 12.3 Å². The van der Waals surface area contributed by atoms with Gasteiger partial charge in [-0.15, -0.1) is 12.4 Å². The molecule has 1 amide bonds. The summed E-state index contributed by atoms with van der Waals surface area (Å²) >= 11 is 0. The van der Waals surface area contributed by atoms with E-state index in [1.807, 2.05) is 13.8 Å². The molecule has 2 aromatic heterocycles. The number of nitrogens with zero attached hydrogens (tertiary/aromatic N) is 5. The van der Waals surface area contributed by atoms with Gasteiger partial charge >= 0.3 is 5.69 Å². The molecule has 1 unspecified atom stereocenters. The van der Waals surface area contributed by atoms with Crippen molar-refractivity contribution in [1.82, 2.24) is 23.6 Å². The van der Waals surface area contributed by atoms with Crippen molar-refractivity contribution in [1.29, 1.82) is 0 Å². The second-order valence-corrected chi connectivity index (χ2v) is 6.77. The van der Waals surface area contributed by atoms with E-state index in [-0.39, 0.29) is 30.9 Å². The van der Waals surface area contributed by atoms with Gasteiger partial charge in [-0.3, -0.25) is 14.2 Å². The summed E-state index contributed by atoms with van der Waals surface area (Å²) in [6, 6.07) is -0.00312. The number of hydrogen-bond donors (Lipinski definition) is 1. The van der Waals surface area contributed by atoms with Crippen LogP contribution in [0.5, 0.6) is 0 Å². The maximum absolute atomic E-state index is 12.6. The first-order valence-corrected chi connectivity index (χ1v) is 8.25.